The van der Waals surface area contributed by atoms with Crippen molar-refractivity contribution in [2.24, 2.45) is 0 Å². The van der Waals surface area contributed by atoms with Crippen LogP contribution in [0.15, 0.2) is 42.5 Å². The van der Waals surface area contributed by atoms with Crippen molar-refractivity contribution in [2.75, 3.05) is 18.5 Å². The van der Waals surface area contributed by atoms with Crippen molar-refractivity contribution in [3.8, 4) is 11.5 Å². The van der Waals surface area contributed by atoms with Crippen LogP contribution in [-0.2, 0) is 11.2 Å². The van der Waals surface area contributed by atoms with E-state index in [0.717, 1.165) is 5.56 Å². The Bertz CT molecular complexity index is 673. The van der Waals surface area contributed by atoms with Crippen molar-refractivity contribution in [1.82, 2.24) is 0 Å². The van der Waals surface area contributed by atoms with Crippen LogP contribution in [0, 0.1) is 0 Å². The van der Waals surface area contributed by atoms with Gasteiger partial charge in [-0.3, -0.25) is 4.79 Å². The van der Waals surface area contributed by atoms with E-state index in [2.05, 4.69) is 5.32 Å². The zero-order chi connectivity index (χ0) is 16.7. The molecule has 0 aliphatic carbocycles. The summed E-state index contributed by atoms with van der Waals surface area (Å²) in [5.41, 5.74) is 1.46. The molecule has 0 spiro atoms. The molecule has 5 heteroatoms. The lowest BCUT2D eigenvalue weighted by molar-refractivity contribution is -0.115. The number of anilines is 1. The van der Waals surface area contributed by atoms with E-state index in [4.69, 9.17) is 21.1 Å². The topological polar surface area (TPSA) is 47.6 Å². The molecular formula is C18H20ClNO3. The number of carbonyl (C=O) groups excluding carboxylic acids is 1. The van der Waals surface area contributed by atoms with Gasteiger partial charge in [-0.15, -0.1) is 0 Å². The van der Waals surface area contributed by atoms with Crippen LogP contribution >= 0.6 is 11.6 Å². The van der Waals surface area contributed by atoms with Crippen LogP contribution in [0.5, 0.6) is 11.5 Å². The lowest BCUT2D eigenvalue weighted by atomic mass is 10.1. The van der Waals surface area contributed by atoms with Gasteiger partial charge < -0.3 is 14.8 Å². The van der Waals surface area contributed by atoms with Crippen LogP contribution in [-0.4, -0.2) is 19.1 Å². The minimum absolute atomic E-state index is 0.135. The summed E-state index contributed by atoms with van der Waals surface area (Å²) in [6, 6.07) is 12.7. The Hall–Kier alpha value is -2.20. The van der Waals surface area contributed by atoms with Crippen LogP contribution in [0.4, 0.5) is 5.69 Å². The number of ether oxygens (including phenoxy) is 2. The van der Waals surface area contributed by atoms with Crippen molar-refractivity contribution in [3.05, 3.63) is 53.1 Å². The highest BCUT2D eigenvalue weighted by Gasteiger charge is 2.10. The van der Waals surface area contributed by atoms with Crippen molar-refractivity contribution in [3.63, 3.8) is 0 Å². The van der Waals surface area contributed by atoms with Crippen LogP contribution < -0.4 is 14.8 Å². The largest absolute Gasteiger partial charge is 0.490 e. The molecule has 0 aliphatic heterocycles. The average molecular weight is 334 g/mol. The summed E-state index contributed by atoms with van der Waals surface area (Å²) >= 11 is 6.08. The minimum Gasteiger partial charge on any atom is -0.490 e. The number of amides is 1. The first-order chi connectivity index (χ1) is 11.1. The highest BCUT2D eigenvalue weighted by Crippen LogP contribution is 2.30. The van der Waals surface area contributed by atoms with Crippen LogP contribution in [0.3, 0.4) is 0 Å². The number of hydrogen-bond donors (Lipinski definition) is 1. The van der Waals surface area contributed by atoms with Crippen molar-refractivity contribution < 1.29 is 14.3 Å². The fraction of sp³-hybridized carbons (Fsp3) is 0.278. The van der Waals surface area contributed by atoms with Gasteiger partial charge in [0.25, 0.3) is 0 Å². The third-order valence-corrected chi connectivity index (χ3v) is 3.50. The number of rotatable bonds is 7. The molecule has 23 heavy (non-hydrogen) atoms. The first-order valence-corrected chi connectivity index (χ1v) is 7.94. The SMILES string of the molecule is CCOc1ccc(NC(=O)Cc2ccccc2Cl)cc1OCC. The fourth-order valence-corrected chi connectivity index (χ4v) is 2.35. The summed E-state index contributed by atoms with van der Waals surface area (Å²) in [5, 5.41) is 3.44. The first-order valence-electron chi connectivity index (χ1n) is 7.57. The molecule has 1 amide bonds. The molecule has 1 N–H and O–H groups in total. The molecule has 0 saturated carbocycles. The standard InChI is InChI=1S/C18H20ClNO3/c1-3-22-16-10-9-14(12-17(16)23-4-2)20-18(21)11-13-7-5-6-8-15(13)19/h5-10,12H,3-4,11H2,1-2H3,(H,20,21). The minimum atomic E-state index is -0.135. The smallest absolute Gasteiger partial charge is 0.228 e. The monoisotopic (exact) mass is 333 g/mol. The third-order valence-electron chi connectivity index (χ3n) is 3.14. The number of hydrogen-bond acceptors (Lipinski definition) is 3. The van der Waals surface area contributed by atoms with Crippen LogP contribution in [0.25, 0.3) is 0 Å². The van der Waals surface area contributed by atoms with E-state index in [0.29, 0.717) is 35.4 Å². The quantitative estimate of drug-likeness (QED) is 0.821. The highest BCUT2D eigenvalue weighted by atomic mass is 35.5. The van der Waals surface area contributed by atoms with Gasteiger partial charge in [-0.1, -0.05) is 29.8 Å². The molecule has 0 fully saturated rings. The van der Waals surface area contributed by atoms with E-state index in [1.54, 1.807) is 24.3 Å². The second kappa shape index (κ2) is 8.44. The van der Waals surface area contributed by atoms with E-state index in [-0.39, 0.29) is 12.3 Å². The summed E-state index contributed by atoms with van der Waals surface area (Å²) < 4.78 is 11.1. The number of halogens is 1. The van der Waals surface area contributed by atoms with Gasteiger partial charge in [0.15, 0.2) is 11.5 Å². The zero-order valence-corrected chi connectivity index (χ0v) is 14.0. The van der Waals surface area contributed by atoms with Gasteiger partial charge in [0.1, 0.15) is 0 Å². The predicted octanol–water partition coefficient (Wildman–Crippen LogP) is 4.32. The molecule has 0 heterocycles. The van der Waals surface area contributed by atoms with Crippen LogP contribution in [0.1, 0.15) is 19.4 Å². The Balaban J connectivity index is 2.08. The van der Waals surface area contributed by atoms with E-state index in [9.17, 15) is 4.79 Å². The van der Waals surface area contributed by atoms with Gasteiger partial charge >= 0.3 is 0 Å². The summed E-state index contributed by atoms with van der Waals surface area (Å²) in [4.78, 5) is 12.2. The van der Waals surface area contributed by atoms with Gasteiger partial charge in [-0.2, -0.15) is 0 Å². The number of benzene rings is 2. The molecule has 4 nitrogen and oxygen atoms in total. The number of carbonyl (C=O) groups is 1. The average Bonchev–Trinajstić information content (AvgIpc) is 2.52. The maximum atomic E-state index is 12.2. The molecular weight excluding hydrogens is 314 g/mol. The molecule has 0 saturated heterocycles. The molecule has 2 aromatic rings. The summed E-state index contributed by atoms with van der Waals surface area (Å²) in [6.07, 6.45) is 0.219. The van der Waals surface area contributed by atoms with Gasteiger partial charge in [0.2, 0.25) is 5.91 Å². The second-order valence-electron chi connectivity index (χ2n) is 4.84. The van der Waals surface area contributed by atoms with Crippen molar-refractivity contribution in [2.45, 2.75) is 20.3 Å². The van der Waals surface area contributed by atoms with Gasteiger partial charge in [-0.05, 0) is 37.6 Å². The molecule has 122 valence electrons. The van der Waals surface area contributed by atoms with Crippen molar-refractivity contribution >= 4 is 23.2 Å². The maximum absolute atomic E-state index is 12.2. The van der Waals surface area contributed by atoms with Gasteiger partial charge in [0.05, 0.1) is 19.6 Å². The Morgan fingerprint density at radius 2 is 1.74 bits per heavy atom. The van der Waals surface area contributed by atoms with Crippen LogP contribution in [0.2, 0.25) is 5.02 Å². The molecule has 0 bridgehead atoms. The molecule has 0 radical (unpaired) electrons. The number of nitrogens with one attached hydrogen (secondary N) is 1. The maximum Gasteiger partial charge on any atom is 0.228 e. The molecule has 2 aromatic carbocycles. The highest BCUT2D eigenvalue weighted by molar-refractivity contribution is 6.31. The van der Waals surface area contributed by atoms with Gasteiger partial charge in [0, 0.05) is 16.8 Å². The fourth-order valence-electron chi connectivity index (χ4n) is 2.15. The van der Waals surface area contributed by atoms with E-state index >= 15 is 0 Å². The van der Waals surface area contributed by atoms with Crippen molar-refractivity contribution in [1.29, 1.82) is 0 Å². The first kappa shape index (κ1) is 17.2. The Morgan fingerprint density at radius 1 is 1.04 bits per heavy atom. The lowest BCUT2D eigenvalue weighted by Crippen LogP contribution is -2.14. The molecule has 0 atom stereocenters. The Labute approximate surface area is 141 Å². The molecule has 0 unspecified atom stereocenters. The lowest BCUT2D eigenvalue weighted by Gasteiger charge is -2.13. The molecule has 2 rings (SSSR count). The Kier molecular flexibility index (Phi) is 6.29. The Morgan fingerprint density at radius 3 is 2.43 bits per heavy atom. The summed E-state index contributed by atoms with van der Waals surface area (Å²) in [5.74, 6) is 1.15. The van der Waals surface area contributed by atoms with E-state index in [1.807, 2.05) is 32.0 Å². The van der Waals surface area contributed by atoms with E-state index < -0.39 is 0 Å². The normalized spacial score (nSPS) is 10.2. The zero-order valence-electron chi connectivity index (χ0n) is 13.3. The summed E-state index contributed by atoms with van der Waals surface area (Å²) in [6.45, 7) is 4.89. The molecule has 0 aliphatic rings. The van der Waals surface area contributed by atoms with Gasteiger partial charge in [-0.25, -0.2) is 0 Å². The van der Waals surface area contributed by atoms with E-state index in [1.165, 1.54) is 0 Å². The second-order valence-corrected chi connectivity index (χ2v) is 5.25. The summed E-state index contributed by atoms with van der Waals surface area (Å²) in [7, 11) is 0. The molecule has 0 aromatic heterocycles. The third kappa shape index (κ3) is 4.89. The predicted molar refractivity (Wildman–Crippen MR) is 92.6 cm³/mol.